The molecule has 0 saturated heterocycles. The summed E-state index contributed by atoms with van der Waals surface area (Å²) in [6, 6.07) is 23.2. The number of ether oxygens (including phenoxy) is 3. The number of hydrogen-bond donors (Lipinski definition) is 0. The molecule has 0 saturated carbocycles. The first kappa shape index (κ1) is 17.2. The molecule has 0 spiro atoms. The molecular formula is C23H15FN2O3. The van der Waals surface area contributed by atoms with Crippen LogP contribution in [0.3, 0.4) is 0 Å². The summed E-state index contributed by atoms with van der Waals surface area (Å²) in [6.45, 7) is 0.120. The maximum Gasteiger partial charge on any atom is 0.282 e. The number of hydrogen-bond acceptors (Lipinski definition) is 5. The largest absolute Gasteiger partial charge is 0.487 e. The molecule has 1 aliphatic rings. The molecule has 0 atom stereocenters. The van der Waals surface area contributed by atoms with E-state index < -0.39 is 0 Å². The molecule has 5 rings (SSSR count). The van der Waals surface area contributed by atoms with E-state index in [-0.39, 0.29) is 12.4 Å². The van der Waals surface area contributed by atoms with Crippen LogP contribution in [0.1, 0.15) is 5.69 Å². The van der Waals surface area contributed by atoms with Gasteiger partial charge in [-0.15, -0.1) is 10.2 Å². The second kappa shape index (κ2) is 7.24. The Morgan fingerprint density at radius 2 is 1.52 bits per heavy atom. The van der Waals surface area contributed by atoms with E-state index in [2.05, 4.69) is 10.2 Å². The lowest BCUT2D eigenvalue weighted by atomic mass is 10.1. The summed E-state index contributed by atoms with van der Waals surface area (Å²) >= 11 is 0. The van der Waals surface area contributed by atoms with Crippen LogP contribution >= 0.6 is 0 Å². The van der Waals surface area contributed by atoms with Crippen molar-refractivity contribution in [2.24, 2.45) is 0 Å². The van der Waals surface area contributed by atoms with Crippen LogP contribution in [0.25, 0.3) is 11.1 Å². The summed E-state index contributed by atoms with van der Waals surface area (Å²) in [5.74, 6) is 2.02. The van der Waals surface area contributed by atoms with E-state index in [1.807, 2.05) is 48.5 Å². The summed E-state index contributed by atoms with van der Waals surface area (Å²) < 4.78 is 31.7. The molecule has 2 heterocycles. The number of rotatable bonds is 4. The molecule has 29 heavy (non-hydrogen) atoms. The van der Waals surface area contributed by atoms with Crippen molar-refractivity contribution in [1.82, 2.24) is 10.2 Å². The predicted molar refractivity (Wildman–Crippen MR) is 105 cm³/mol. The van der Waals surface area contributed by atoms with E-state index >= 15 is 0 Å². The molecule has 0 bridgehead atoms. The zero-order chi connectivity index (χ0) is 19.6. The summed E-state index contributed by atoms with van der Waals surface area (Å²) in [7, 11) is 0. The maximum atomic E-state index is 14.5. The van der Waals surface area contributed by atoms with Crippen molar-refractivity contribution in [3.63, 3.8) is 0 Å². The van der Waals surface area contributed by atoms with Crippen LogP contribution in [0.15, 0.2) is 78.9 Å². The Kier molecular flexibility index (Phi) is 4.29. The highest BCUT2D eigenvalue weighted by Crippen LogP contribution is 2.43. The summed E-state index contributed by atoms with van der Waals surface area (Å²) in [5, 5.41) is 8.14. The van der Waals surface area contributed by atoms with Crippen molar-refractivity contribution in [2.75, 3.05) is 0 Å². The van der Waals surface area contributed by atoms with E-state index in [0.29, 0.717) is 40.1 Å². The lowest BCUT2D eigenvalue weighted by molar-refractivity contribution is 0.292. The number of fused-ring (bicyclic) bond motifs is 2. The highest BCUT2D eigenvalue weighted by molar-refractivity contribution is 5.64. The van der Waals surface area contributed by atoms with Gasteiger partial charge >= 0.3 is 0 Å². The average molecular weight is 386 g/mol. The van der Waals surface area contributed by atoms with Crippen LogP contribution in [0.5, 0.6) is 28.9 Å². The lowest BCUT2D eigenvalue weighted by Gasteiger charge is -2.19. The van der Waals surface area contributed by atoms with Crippen molar-refractivity contribution in [3.05, 3.63) is 90.4 Å². The SMILES string of the molecule is Fc1cc(OCc2cc3c(nn2)Oc2ccccc2O3)ccc1-c1ccccc1. The molecule has 0 aliphatic carbocycles. The third-order valence-corrected chi connectivity index (χ3v) is 4.47. The Hall–Kier alpha value is -3.93. The first-order chi connectivity index (χ1) is 14.3. The fourth-order valence-electron chi connectivity index (χ4n) is 3.05. The van der Waals surface area contributed by atoms with Gasteiger partial charge in [0.15, 0.2) is 17.2 Å². The average Bonchev–Trinajstić information content (AvgIpc) is 2.77. The van der Waals surface area contributed by atoms with E-state index in [0.717, 1.165) is 5.56 Å². The highest BCUT2D eigenvalue weighted by atomic mass is 19.1. The minimum Gasteiger partial charge on any atom is -0.487 e. The van der Waals surface area contributed by atoms with Crippen molar-refractivity contribution >= 4 is 0 Å². The molecule has 0 N–H and O–H groups in total. The minimum absolute atomic E-state index is 0.120. The molecule has 4 aromatic rings. The molecule has 3 aromatic carbocycles. The Morgan fingerprint density at radius 1 is 0.759 bits per heavy atom. The monoisotopic (exact) mass is 386 g/mol. The summed E-state index contributed by atoms with van der Waals surface area (Å²) in [4.78, 5) is 0. The summed E-state index contributed by atoms with van der Waals surface area (Å²) in [5.41, 5.74) is 1.88. The van der Waals surface area contributed by atoms with Gasteiger partial charge in [0, 0.05) is 17.7 Å². The second-order valence-corrected chi connectivity index (χ2v) is 6.45. The molecular weight excluding hydrogens is 371 g/mol. The summed E-state index contributed by atoms with van der Waals surface area (Å²) in [6.07, 6.45) is 0. The van der Waals surface area contributed by atoms with Gasteiger partial charge < -0.3 is 14.2 Å². The van der Waals surface area contributed by atoms with Gasteiger partial charge in [0.1, 0.15) is 23.9 Å². The number of benzene rings is 3. The number of nitrogens with zero attached hydrogens (tertiary/aromatic N) is 2. The van der Waals surface area contributed by atoms with E-state index in [9.17, 15) is 4.39 Å². The Bertz CT molecular complexity index is 1180. The maximum absolute atomic E-state index is 14.5. The lowest BCUT2D eigenvalue weighted by Crippen LogP contribution is -2.06. The molecule has 1 aliphatic heterocycles. The molecule has 5 nitrogen and oxygen atoms in total. The highest BCUT2D eigenvalue weighted by Gasteiger charge is 2.20. The van der Waals surface area contributed by atoms with Gasteiger partial charge in [-0.3, -0.25) is 0 Å². The zero-order valence-electron chi connectivity index (χ0n) is 15.2. The standard InChI is InChI=1S/C23H15FN2O3/c24-19-13-17(10-11-18(19)15-6-2-1-3-7-15)27-14-16-12-22-23(26-25-16)29-21-9-5-4-8-20(21)28-22/h1-13H,14H2. The van der Waals surface area contributed by atoms with Crippen molar-refractivity contribution in [2.45, 2.75) is 6.61 Å². The van der Waals surface area contributed by atoms with Crippen LogP contribution in [-0.2, 0) is 6.61 Å². The third kappa shape index (κ3) is 3.48. The molecule has 0 fully saturated rings. The van der Waals surface area contributed by atoms with E-state index in [1.54, 1.807) is 24.3 Å². The fourth-order valence-corrected chi connectivity index (χ4v) is 3.05. The van der Waals surface area contributed by atoms with E-state index in [1.165, 1.54) is 6.07 Å². The fraction of sp³-hybridized carbons (Fsp3) is 0.0435. The van der Waals surface area contributed by atoms with Gasteiger partial charge in [0.2, 0.25) is 0 Å². The van der Waals surface area contributed by atoms with Crippen molar-refractivity contribution < 1.29 is 18.6 Å². The van der Waals surface area contributed by atoms with Crippen LogP contribution in [0.4, 0.5) is 4.39 Å². The van der Waals surface area contributed by atoms with Crippen molar-refractivity contribution in [3.8, 4) is 40.0 Å². The molecule has 0 unspecified atom stereocenters. The first-order valence-electron chi connectivity index (χ1n) is 9.05. The van der Waals surface area contributed by atoms with Crippen LogP contribution < -0.4 is 14.2 Å². The van der Waals surface area contributed by atoms with E-state index in [4.69, 9.17) is 14.2 Å². The first-order valence-corrected chi connectivity index (χ1v) is 9.05. The molecule has 0 amide bonds. The number of aromatic nitrogens is 2. The Morgan fingerprint density at radius 3 is 2.31 bits per heavy atom. The zero-order valence-corrected chi connectivity index (χ0v) is 15.2. The van der Waals surface area contributed by atoms with Crippen LogP contribution in [0.2, 0.25) is 0 Å². The van der Waals surface area contributed by atoms with Gasteiger partial charge in [-0.05, 0) is 29.8 Å². The molecule has 6 heteroatoms. The second-order valence-electron chi connectivity index (χ2n) is 6.45. The molecule has 142 valence electrons. The molecule has 1 aromatic heterocycles. The predicted octanol–water partition coefficient (Wildman–Crippen LogP) is 5.76. The van der Waals surface area contributed by atoms with Gasteiger partial charge in [-0.25, -0.2) is 4.39 Å². The topological polar surface area (TPSA) is 53.5 Å². The smallest absolute Gasteiger partial charge is 0.282 e. The third-order valence-electron chi connectivity index (χ3n) is 4.47. The Balaban J connectivity index is 1.31. The van der Waals surface area contributed by atoms with Crippen molar-refractivity contribution in [1.29, 1.82) is 0 Å². The van der Waals surface area contributed by atoms with Crippen LogP contribution in [-0.4, -0.2) is 10.2 Å². The molecule has 0 radical (unpaired) electrons. The van der Waals surface area contributed by atoms with Crippen LogP contribution in [0, 0.1) is 5.82 Å². The minimum atomic E-state index is -0.349. The quantitative estimate of drug-likeness (QED) is 0.393. The Labute approximate surface area is 166 Å². The van der Waals surface area contributed by atoms with Gasteiger partial charge in [-0.1, -0.05) is 42.5 Å². The normalized spacial score (nSPS) is 11.6. The van der Waals surface area contributed by atoms with Gasteiger partial charge in [0.25, 0.3) is 5.88 Å². The van der Waals surface area contributed by atoms with Gasteiger partial charge in [0.05, 0.1) is 0 Å². The van der Waals surface area contributed by atoms with Gasteiger partial charge in [-0.2, -0.15) is 0 Å². The number of halogens is 1. The number of para-hydroxylation sites is 2.